The predicted molar refractivity (Wildman–Crippen MR) is 86.7 cm³/mol. The predicted octanol–water partition coefficient (Wildman–Crippen LogP) is 5.53. The van der Waals surface area contributed by atoms with Gasteiger partial charge < -0.3 is 4.52 Å². The Morgan fingerprint density at radius 2 is 2.00 bits per heavy atom. The van der Waals surface area contributed by atoms with Crippen LogP contribution >= 0.6 is 11.3 Å². The van der Waals surface area contributed by atoms with E-state index in [9.17, 15) is 18.0 Å². The molecule has 0 atom stereocenters. The molecule has 0 unspecified atom stereocenters. The molecule has 0 radical (unpaired) electrons. The molecule has 1 aliphatic carbocycles. The molecule has 0 aliphatic heterocycles. The Labute approximate surface area is 145 Å². The van der Waals surface area contributed by atoms with E-state index >= 15 is 0 Å². The molecule has 0 bridgehead atoms. The zero-order valence-corrected chi connectivity index (χ0v) is 13.7. The minimum absolute atomic E-state index is 0.182. The molecule has 1 aromatic carbocycles. The molecular formula is C18H12F3NO2S. The second kappa shape index (κ2) is 5.84. The van der Waals surface area contributed by atoms with Crippen LogP contribution in [0.15, 0.2) is 46.4 Å². The lowest BCUT2D eigenvalue weighted by atomic mass is 9.95. The van der Waals surface area contributed by atoms with Crippen molar-refractivity contribution in [1.82, 2.24) is 5.16 Å². The molecule has 0 spiro atoms. The van der Waals surface area contributed by atoms with Gasteiger partial charge in [-0.2, -0.15) is 13.2 Å². The summed E-state index contributed by atoms with van der Waals surface area (Å²) in [6.45, 7) is 0. The van der Waals surface area contributed by atoms with Gasteiger partial charge >= 0.3 is 6.18 Å². The highest BCUT2D eigenvalue weighted by atomic mass is 32.1. The number of benzene rings is 1. The molecule has 1 fully saturated rings. The van der Waals surface area contributed by atoms with Crippen molar-refractivity contribution in [2.75, 3.05) is 0 Å². The number of hydrogen-bond acceptors (Lipinski definition) is 4. The monoisotopic (exact) mass is 363 g/mol. The molecule has 3 nitrogen and oxygen atoms in total. The number of thiophene rings is 1. The zero-order valence-electron chi connectivity index (χ0n) is 12.8. The number of hydrogen-bond donors (Lipinski definition) is 0. The Morgan fingerprint density at radius 3 is 2.64 bits per heavy atom. The van der Waals surface area contributed by atoms with E-state index in [2.05, 4.69) is 5.16 Å². The van der Waals surface area contributed by atoms with Crippen molar-refractivity contribution in [3.63, 3.8) is 0 Å². The van der Waals surface area contributed by atoms with Gasteiger partial charge in [0.05, 0.1) is 17.3 Å². The molecule has 2 aromatic heterocycles. The highest BCUT2D eigenvalue weighted by Crippen LogP contribution is 2.43. The van der Waals surface area contributed by atoms with Gasteiger partial charge in [-0.1, -0.05) is 11.2 Å². The van der Waals surface area contributed by atoms with Crippen LogP contribution in [0.3, 0.4) is 0 Å². The Kier molecular flexibility index (Phi) is 3.76. The lowest BCUT2D eigenvalue weighted by Gasteiger charge is -2.12. The Balaban J connectivity index is 1.83. The topological polar surface area (TPSA) is 43.1 Å². The van der Waals surface area contributed by atoms with Crippen LogP contribution in [0.1, 0.15) is 46.0 Å². The summed E-state index contributed by atoms with van der Waals surface area (Å²) in [6, 6.07) is 6.65. The Bertz CT molecular complexity index is 924. The van der Waals surface area contributed by atoms with Gasteiger partial charge in [0.2, 0.25) is 0 Å². The summed E-state index contributed by atoms with van der Waals surface area (Å²) in [7, 11) is 0. The van der Waals surface area contributed by atoms with Crippen LogP contribution in [0.5, 0.6) is 0 Å². The van der Waals surface area contributed by atoms with Crippen LogP contribution in [-0.4, -0.2) is 10.9 Å². The normalized spacial score (nSPS) is 14.7. The average Bonchev–Trinajstić information content (AvgIpc) is 3.10. The molecule has 4 rings (SSSR count). The van der Waals surface area contributed by atoms with Crippen molar-refractivity contribution in [2.45, 2.75) is 24.9 Å². The molecule has 1 saturated carbocycles. The maximum Gasteiger partial charge on any atom is 0.416 e. The summed E-state index contributed by atoms with van der Waals surface area (Å²) in [4.78, 5) is 13.6. The van der Waals surface area contributed by atoms with E-state index in [1.807, 2.05) is 0 Å². The van der Waals surface area contributed by atoms with Gasteiger partial charge in [0.1, 0.15) is 0 Å². The van der Waals surface area contributed by atoms with Crippen LogP contribution in [0.25, 0.3) is 10.4 Å². The van der Waals surface area contributed by atoms with Crippen LogP contribution < -0.4 is 0 Å². The first-order valence-electron chi connectivity index (χ1n) is 7.69. The van der Waals surface area contributed by atoms with E-state index in [1.54, 1.807) is 17.5 Å². The van der Waals surface area contributed by atoms with E-state index in [4.69, 9.17) is 4.52 Å². The first-order valence-corrected chi connectivity index (χ1v) is 8.57. The summed E-state index contributed by atoms with van der Waals surface area (Å²) < 4.78 is 44.5. The van der Waals surface area contributed by atoms with Crippen molar-refractivity contribution in [2.24, 2.45) is 0 Å². The fraction of sp³-hybridized carbons (Fsp3) is 0.222. The number of aromatic nitrogens is 1. The fourth-order valence-electron chi connectivity index (χ4n) is 2.76. The lowest BCUT2D eigenvalue weighted by Crippen LogP contribution is -2.09. The average molecular weight is 363 g/mol. The Hall–Kier alpha value is -2.41. The minimum atomic E-state index is -4.47. The zero-order chi connectivity index (χ0) is 17.6. The van der Waals surface area contributed by atoms with E-state index < -0.39 is 11.7 Å². The van der Waals surface area contributed by atoms with Crippen molar-refractivity contribution < 1.29 is 22.5 Å². The number of halogens is 3. The third kappa shape index (κ3) is 3.00. The summed E-state index contributed by atoms with van der Waals surface area (Å²) >= 11 is 1.29. The number of carbonyl (C=O) groups is 1. The second-order valence-corrected chi connectivity index (χ2v) is 6.89. The third-order valence-corrected chi connectivity index (χ3v) is 5.07. The SMILES string of the molecule is O=C(c1ccc(C(F)(F)F)cc1-c1cccs1)c1cnoc1C1CC1. The van der Waals surface area contributed by atoms with Crippen molar-refractivity contribution in [3.05, 3.63) is 64.4 Å². The molecular weight excluding hydrogens is 351 g/mol. The van der Waals surface area contributed by atoms with Crippen LogP contribution in [-0.2, 0) is 6.18 Å². The Morgan fingerprint density at radius 1 is 1.20 bits per heavy atom. The number of nitrogens with zero attached hydrogens (tertiary/aromatic N) is 1. The van der Waals surface area contributed by atoms with Gasteiger partial charge in [-0.3, -0.25) is 4.79 Å². The van der Waals surface area contributed by atoms with Gasteiger partial charge in [0, 0.05) is 21.9 Å². The van der Waals surface area contributed by atoms with Crippen LogP contribution in [0.4, 0.5) is 13.2 Å². The van der Waals surface area contributed by atoms with E-state index in [-0.39, 0.29) is 22.8 Å². The molecule has 0 N–H and O–H groups in total. The molecule has 2 heterocycles. The number of carbonyl (C=O) groups excluding carboxylic acids is 1. The number of alkyl halides is 3. The smallest absolute Gasteiger partial charge is 0.360 e. The van der Waals surface area contributed by atoms with Crippen molar-refractivity contribution in [1.29, 1.82) is 0 Å². The molecule has 0 amide bonds. The summed E-state index contributed by atoms with van der Waals surface area (Å²) in [5, 5.41) is 5.47. The molecule has 0 saturated heterocycles. The highest BCUT2D eigenvalue weighted by molar-refractivity contribution is 7.13. The fourth-order valence-corrected chi connectivity index (χ4v) is 3.52. The summed E-state index contributed by atoms with van der Waals surface area (Å²) in [6.07, 6.45) is -1.25. The largest absolute Gasteiger partial charge is 0.416 e. The van der Waals surface area contributed by atoms with Crippen molar-refractivity contribution >= 4 is 17.1 Å². The maximum atomic E-state index is 13.1. The van der Waals surface area contributed by atoms with E-state index in [1.165, 1.54) is 23.6 Å². The first-order chi connectivity index (χ1) is 11.9. The van der Waals surface area contributed by atoms with Crippen molar-refractivity contribution in [3.8, 4) is 10.4 Å². The van der Waals surface area contributed by atoms with E-state index in [0.29, 0.717) is 16.2 Å². The first kappa shape index (κ1) is 16.1. The van der Waals surface area contributed by atoms with Gasteiger partial charge in [-0.05, 0) is 42.5 Å². The van der Waals surface area contributed by atoms with Gasteiger partial charge in [0.25, 0.3) is 0 Å². The second-order valence-electron chi connectivity index (χ2n) is 5.94. The number of ketones is 1. The quantitative estimate of drug-likeness (QED) is 0.573. The molecule has 3 aromatic rings. The van der Waals surface area contributed by atoms with Gasteiger partial charge in [-0.15, -0.1) is 11.3 Å². The van der Waals surface area contributed by atoms with Gasteiger partial charge in [0.15, 0.2) is 11.5 Å². The van der Waals surface area contributed by atoms with Crippen LogP contribution in [0.2, 0.25) is 0 Å². The standard InChI is InChI=1S/C18H12F3NO2S/c19-18(20,21)11-5-6-12(13(8-11)15-2-1-7-25-15)16(23)14-9-22-24-17(14)10-3-4-10/h1-2,5-10H,3-4H2. The maximum absolute atomic E-state index is 13.1. The number of rotatable bonds is 4. The van der Waals surface area contributed by atoms with Crippen LogP contribution in [0, 0.1) is 0 Å². The summed E-state index contributed by atoms with van der Waals surface area (Å²) in [5.41, 5.74) is 0.0542. The summed E-state index contributed by atoms with van der Waals surface area (Å²) in [5.74, 6) is 0.350. The highest BCUT2D eigenvalue weighted by Gasteiger charge is 2.35. The van der Waals surface area contributed by atoms with E-state index in [0.717, 1.165) is 25.0 Å². The van der Waals surface area contributed by atoms with Gasteiger partial charge in [-0.25, -0.2) is 0 Å². The minimum Gasteiger partial charge on any atom is -0.360 e. The third-order valence-electron chi connectivity index (χ3n) is 4.17. The molecule has 25 heavy (non-hydrogen) atoms. The molecule has 1 aliphatic rings. The molecule has 128 valence electrons. The molecule has 7 heteroatoms. The lowest BCUT2D eigenvalue weighted by molar-refractivity contribution is -0.137.